The van der Waals surface area contributed by atoms with Crippen LogP contribution in [-0.2, 0) is 23.4 Å². The molecule has 2 aliphatic heterocycles. The average Bonchev–Trinajstić information content (AvgIpc) is 3.13. The third kappa shape index (κ3) is 5.65. The number of benzene rings is 2. The Morgan fingerprint density at radius 3 is 1.76 bits per heavy atom. The van der Waals surface area contributed by atoms with Gasteiger partial charge in [-0.1, -0.05) is 54.1 Å². The summed E-state index contributed by atoms with van der Waals surface area (Å²) in [6, 6.07) is 19.2. The van der Waals surface area contributed by atoms with Crippen LogP contribution in [-0.4, -0.2) is 51.5 Å². The maximum atomic E-state index is 12.9. The molecule has 1 spiro atoms. The number of hydrogen-bond acceptors (Lipinski definition) is 6. The first-order valence-corrected chi connectivity index (χ1v) is 10.8. The van der Waals surface area contributed by atoms with Gasteiger partial charge < -0.3 is 28.3 Å². The van der Waals surface area contributed by atoms with E-state index in [-0.39, 0.29) is 18.9 Å². The fraction of sp³-hybridized carbons (Fsp3) is 0.458. The van der Waals surface area contributed by atoms with E-state index in [4.69, 9.17) is 14.0 Å². The molecule has 2 fully saturated rings. The quantitative estimate of drug-likeness (QED) is 0.512. The average molecular weight is 449 g/mol. The van der Waals surface area contributed by atoms with Gasteiger partial charge >= 0.3 is 31.7 Å². The summed E-state index contributed by atoms with van der Waals surface area (Å²) in [6.07, 6.45) is -0.460. The monoisotopic (exact) mass is 449 g/mol. The SMILES string of the molecule is CC1(C)O[B-]2(OC(=O)N(c3ccccc3)[C@H]2c2ccccc2)OC1(C)C.COCCOC.[Li+]. The van der Waals surface area contributed by atoms with Crippen LogP contribution in [0.2, 0.25) is 0 Å². The van der Waals surface area contributed by atoms with Crippen LogP contribution in [0.15, 0.2) is 60.7 Å². The standard InChI is InChI=1S/C20H23BNO4.C4H10O2.Li/c1-19(2)20(3,4)26-21(25-19)17(15-11-7-5-8-12-15)22(18(23)24-21)16-13-9-6-10-14-16;1-5-3-4-6-2;/h5-14,17H,1-4H3;3-4H2,1-2H3;/q-1;;+1/t17-;;/m0../s1. The summed E-state index contributed by atoms with van der Waals surface area (Å²) >= 11 is 0. The number of carbonyl (C=O) groups is 1. The van der Waals surface area contributed by atoms with Gasteiger partial charge in [0.15, 0.2) is 0 Å². The zero-order chi connectivity index (χ0) is 23.4. The minimum absolute atomic E-state index is 0. The topological polar surface area (TPSA) is 66.5 Å². The Morgan fingerprint density at radius 1 is 0.848 bits per heavy atom. The second-order valence-corrected chi connectivity index (χ2v) is 8.88. The Kier molecular flexibility index (Phi) is 9.23. The van der Waals surface area contributed by atoms with Crippen molar-refractivity contribution in [3.05, 3.63) is 66.2 Å². The van der Waals surface area contributed by atoms with Gasteiger partial charge in [-0.15, -0.1) is 0 Å². The van der Waals surface area contributed by atoms with E-state index in [0.717, 1.165) is 11.3 Å². The van der Waals surface area contributed by atoms with Crippen molar-refractivity contribution in [3.63, 3.8) is 0 Å². The predicted molar refractivity (Wildman–Crippen MR) is 124 cm³/mol. The molecule has 2 aromatic carbocycles. The van der Waals surface area contributed by atoms with Gasteiger partial charge in [0.2, 0.25) is 0 Å². The molecule has 33 heavy (non-hydrogen) atoms. The van der Waals surface area contributed by atoms with Crippen molar-refractivity contribution >= 4 is 18.5 Å². The molecule has 2 aliphatic rings. The first-order valence-electron chi connectivity index (χ1n) is 10.8. The fourth-order valence-corrected chi connectivity index (χ4v) is 3.92. The van der Waals surface area contributed by atoms with Crippen LogP contribution in [0.3, 0.4) is 0 Å². The summed E-state index contributed by atoms with van der Waals surface area (Å²) in [4.78, 5) is 14.5. The van der Waals surface area contributed by atoms with E-state index in [1.165, 1.54) is 0 Å². The summed E-state index contributed by atoms with van der Waals surface area (Å²) in [6.45, 7) is 6.90. The molecule has 2 aromatic rings. The molecule has 0 aliphatic carbocycles. The van der Waals surface area contributed by atoms with Gasteiger partial charge in [0.25, 0.3) is 0 Å². The molecule has 0 bridgehead atoms. The Morgan fingerprint density at radius 2 is 1.30 bits per heavy atom. The van der Waals surface area contributed by atoms with Crippen LogP contribution in [0, 0.1) is 0 Å². The minimum Gasteiger partial charge on any atom is -0.625 e. The van der Waals surface area contributed by atoms with E-state index in [1.54, 1.807) is 19.1 Å². The van der Waals surface area contributed by atoms with E-state index in [9.17, 15) is 4.79 Å². The van der Waals surface area contributed by atoms with Crippen LogP contribution in [0.5, 0.6) is 0 Å². The summed E-state index contributed by atoms with van der Waals surface area (Å²) < 4.78 is 27.8. The maximum absolute atomic E-state index is 12.9. The molecule has 174 valence electrons. The van der Waals surface area contributed by atoms with Crippen LogP contribution in [0.1, 0.15) is 39.2 Å². The molecule has 0 radical (unpaired) electrons. The number of anilines is 1. The molecule has 0 unspecified atom stereocenters. The van der Waals surface area contributed by atoms with E-state index in [0.29, 0.717) is 13.2 Å². The predicted octanol–water partition coefficient (Wildman–Crippen LogP) is 1.75. The van der Waals surface area contributed by atoms with Crippen LogP contribution in [0.4, 0.5) is 10.5 Å². The second-order valence-electron chi connectivity index (χ2n) is 8.88. The van der Waals surface area contributed by atoms with Gasteiger partial charge in [0, 0.05) is 37.1 Å². The molecule has 4 rings (SSSR count). The van der Waals surface area contributed by atoms with E-state index in [2.05, 4.69) is 9.47 Å². The summed E-state index contributed by atoms with van der Waals surface area (Å²) in [5.74, 6) is -0.493. The van der Waals surface area contributed by atoms with Crippen LogP contribution in [0.25, 0.3) is 0 Å². The van der Waals surface area contributed by atoms with Crippen molar-refractivity contribution in [2.45, 2.75) is 44.8 Å². The zero-order valence-electron chi connectivity index (χ0n) is 20.7. The van der Waals surface area contributed by atoms with Gasteiger partial charge in [-0.25, -0.2) is 4.79 Å². The molecule has 1 atom stereocenters. The molecule has 1 amide bonds. The number of ether oxygens (including phenoxy) is 2. The Balaban J connectivity index is 0.000000491. The van der Waals surface area contributed by atoms with Crippen molar-refractivity contribution in [2.24, 2.45) is 0 Å². The number of nitrogens with zero attached hydrogens (tertiary/aromatic N) is 1. The van der Waals surface area contributed by atoms with Crippen LogP contribution >= 0.6 is 0 Å². The van der Waals surface area contributed by atoms with Gasteiger partial charge in [-0.3, -0.25) is 0 Å². The summed E-state index contributed by atoms with van der Waals surface area (Å²) in [5, 5.41) is 0. The largest absolute Gasteiger partial charge is 1.00 e. The maximum Gasteiger partial charge on any atom is 1.00 e. The molecule has 9 heteroatoms. The first kappa shape index (κ1) is 27.5. The second kappa shape index (κ2) is 11.1. The van der Waals surface area contributed by atoms with E-state index in [1.807, 2.05) is 88.4 Å². The third-order valence-corrected chi connectivity index (χ3v) is 6.16. The van der Waals surface area contributed by atoms with E-state index < -0.39 is 30.0 Å². The smallest absolute Gasteiger partial charge is 0.625 e. The minimum atomic E-state index is -2.33. The molecular formula is C24H33BLiNO6. The Bertz CT molecular complexity index is 876. The normalized spacial score (nSPS) is 21.7. The fourth-order valence-electron chi connectivity index (χ4n) is 3.92. The van der Waals surface area contributed by atoms with Gasteiger partial charge in [-0.2, -0.15) is 0 Å². The third-order valence-electron chi connectivity index (χ3n) is 6.16. The van der Waals surface area contributed by atoms with Crippen molar-refractivity contribution in [1.82, 2.24) is 0 Å². The summed E-state index contributed by atoms with van der Waals surface area (Å²) in [7, 11) is 3.30. The number of amides is 1. The van der Waals surface area contributed by atoms with Crippen molar-refractivity contribution < 1.29 is 47.1 Å². The molecule has 2 saturated heterocycles. The van der Waals surface area contributed by atoms with Gasteiger partial charge in [0.1, 0.15) is 0 Å². The van der Waals surface area contributed by atoms with Crippen molar-refractivity contribution in [1.29, 1.82) is 0 Å². The number of hydrogen-bond donors (Lipinski definition) is 0. The first-order chi connectivity index (χ1) is 15.2. The van der Waals surface area contributed by atoms with Crippen molar-refractivity contribution in [2.75, 3.05) is 32.3 Å². The molecular weight excluding hydrogens is 416 g/mol. The zero-order valence-corrected chi connectivity index (χ0v) is 20.7. The molecule has 0 aromatic heterocycles. The van der Waals surface area contributed by atoms with Gasteiger partial charge in [0.05, 0.1) is 13.2 Å². The molecule has 0 N–H and O–H groups in total. The number of methoxy groups -OCH3 is 2. The number of rotatable bonds is 5. The van der Waals surface area contributed by atoms with E-state index >= 15 is 0 Å². The Labute approximate surface area is 208 Å². The number of para-hydroxylation sites is 1. The Hall–Kier alpha value is -1.79. The molecule has 2 heterocycles. The van der Waals surface area contributed by atoms with Gasteiger partial charge in [-0.05, 0) is 39.8 Å². The van der Waals surface area contributed by atoms with Crippen LogP contribution < -0.4 is 23.8 Å². The molecule has 0 saturated carbocycles. The number of carbonyl (C=O) groups excluding carboxylic acids is 1. The van der Waals surface area contributed by atoms with Crippen molar-refractivity contribution in [3.8, 4) is 0 Å². The molecule has 7 nitrogen and oxygen atoms in total. The summed E-state index contributed by atoms with van der Waals surface area (Å²) in [5.41, 5.74) is 0.454.